The van der Waals surface area contributed by atoms with Crippen molar-refractivity contribution in [1.82, 2.24) is 0 Å². The maximum absolute atomic E-state index is 6.16. The predicted octanol–water partition coefficient (Wildman–Crippen LogP) is 5.61. The summed E-state index contributed by atoms with van der Waals surface area (Å²) in [4.78, 5) is 19.8. The lowest BCUT2D eigenvalue weighted by molar-refractivity contribution is 0.234. The molecule has 0 amide bonds. The highest BCUT2D eigenvalue weighted by Crippen LogP contribution is 2.39. The molecule has 8 nitrogen and oxygen atoms in total. The third kappa shape index (κ3) is 5.64. The molecule has 0 N–H and O–H groups in total. The molecule has 4 aliphatic heterocycles. The first-order valence-electron chi connectivity index (χ1n) is 14.4. The van der Waals surface area contributed by atoms with Gasteiger partial charge in [0.05, 0.1) is 22.2 Å². The Labute approximate surface area is 239 Å². The van der Waals surface area contributed by atoms with Crippen molar-refractivity contribution in [3.8, 4) is 0 Å². The van der Waals surface area contributed by atoms with Gasteiger partial charge in [0.1, 0.15) is 37.3 Å². The van der Waals surface area contributed by atoms with Crippen LogP contribution in [0.4, 0.5) is 0 Å². The number of rotatable bonds is 8. The van der Waals surface area contributed by atoms with Crippen LogP contribution in [0, 0.1) is 10.8 Å². The van der Waals surface area contributed by atoms with E-state index >= 15 is 0 Å². The molecular weight excluding hydrogens is 504 g/mol. The maximum Gasteiger partial charge on any atom is 0.199 e. The van der Waals surface area contributed by atoms with Gasteiger partial charge in [-0.15, -0.1) is 0 Å². The summed E-state index contributed by atoms with van der Waals surface area (Å²) in [5.74, 6) is 2.79. The Morgan fingerprint density at radius 3 is 0.900 bits per heavy atom. The van der Waals surface area contributed by atoms with E-state index in [4.69, 9.17) is 38.9 Å². The molecule has 8 heteroatoms. The van der Waals surface area contributed by atoms with E-state index in [2.05, 4.69) is 93.5 Å². The number of nitrogens with zero attached hydrogens (tertiary/aromatic N) is 4. The number of aliphatic imine (C=N–C) groups is 4. The van der Waals surface area contributed by atoms with Crippen molar-refractivity contribution in [3.05, 3.63) is 35.4 Å². The molecule has 0 aliphatic carbocycles. The van der Waals surface area contributed by atoms with E-state index in [9.17, 15) is 0 Å². The number of ether oxygens (including phenoxy) is 4. The third-order valence-electron chi connectivity index (χ3n) is 7.89. The van der Waals surface area contributed by atoms with E-state index in [1.165, 1.54) is 0 Å². The van der Waals surface area contributed by atoms with Crippen LogP contribution in [0.3, 0.4) is 0 Å². The van der Waals surface area contributed by atoms with Gasteiger partial charge in [0, 0.05) is 0 Å². The van der Waals surface area contributed by atoms with E-state index in [-0.39, 0.29) is 22.2 Å². The molecule has 0 bridgehead atoms. The van der Waals surface area contributed by atoms with E-state index in [0.717, 1.165) is 11.1 Å². The Balaban J connectivity index is 1.43. The SMILES string of the molecule is CC1(C)COC(C(C)(Cc2ccc(CC(C)(C3=NC(C)(C)CO3)C3=NC(C)(C)CO3)cc2)C2=NC(C)(C)CO2)=N1. The van der Waals surface area contributed by atoms with Crippen LogP contribution in [-0.4, -0.2) is 72.2 Å². The minimum atomic E-state index is -0.590. The van der Waals surface area contributed by atoms with Crippen molar-refractivity contribution in [3.63, 3.8) is 0 Å². The van der Waals surface area contributed by atoms with Crippen LogP contribution in [0.2, 0.25) is 0 Å². The van der Waals surface area contributed by atoms with Crippen molar-refractivity contribution in [2.24, 2.45) is 30.8 Å². The molecule has 4 heterocycles. The predicted molar refractivity (Wildman–Crippen MR) is 160 cm³/mol. The first kappa shape index (κ1) is 28.6. The lowest BCUT2D eigenvalue weighted by Gasteiger charge is -2.29. The van der Waals surface area contributed by atoms with Gasteiger partial charge in [0.15, 0.2) is 23.6 Å². The zero-order valence-corrected chi connectivity index (χ0v) is 26.0. The summed E-state index contributed by atoms with van der Waals surface area (Å²) in [5, 5.41) is 0. The van der Waals surface area contributed by atoms with Gasteiger partial charge in [-0.3, -0.25) is 0 Å². The summed E-state index contributed by atoms with van der Waals surface area (Å²) < 4.78 is 24.6. The molecule has 0 unspecified atom stereocenters. The summed E-state index contributed by atoms with van der Waals surface area (Å²) in [7, 11) is 0. The summed E-state index contributed by atoms with van der Waals surface area (Å²) in [6.07, 6.45) is 1.34. The molecule has 40 heavy (non-hydrogen) atoms. The lowest BCUT2D eigenvalue weighted by Crippen LogP contribution is -2.40. The number of benzene rings is 1. The summed E-state index contributed by atoms with van der Waals surface area (Å²) in [6.45, 7) is 23.2. The minimum Gasteiger partial charge on any atom is -0.478 e. The van der Waals surface area contributed by atoms with Gasteiger partial charge in [0.25, 0.3) is 0 Å². The first-order chi connectivity index (χ1) is 18.4. The van der Waals surface area contributed by atoms with Crippen LogP contribution in [0.25, 0.3) is 0 Å². The lowest BCUT2D eigenvalue weighted by atomic mass is 9.80. The van der Waals surface area contributed by atoms with Gasteiger partial charge < -0.3 is 18.9 Å². The highest BCUT2D eigenvalue weighted by Gasteiger charge is 2.49. The fraction of sp³-hybridized carbons (Fsp3) is 0.688. The summed E-state index contributed by atoms with van der Waals surface area (Å²) >= 11 is 0. The van der Waals surface area contributed by atoms with Crippen molar-refractivity contribution < 1.29 is 18.9 Å². The topological polar surface area (TPSA) is 86.4 Å². The minimum absolute atomic E-state index is 0.265. The van der Waals surface area contributed by atoms with Crippen LogP contribution in [0.15, 0.2) is 44.2 Å². The van der Waals surface area contributed by atoms with Crippen LogP contribution in [-0.2, 0) is 31.8 Å². The fourth-order valence-corrected chi connectivity index (χ4v) is 5.55. The molecule has 0 radical (unpaired) electrons. The molecular formula is C32H46N4O4. The molecule has 0 aromatic heterocycles. The Hall–Kier alpha value is -2.90. The molecule has 1 aromatic carbocycles. The van der Waals surface area contributed by atoms with Crippen molar-refractivity contribution in [2.75, 3.05) is 26.4 Å². The highest BCUT2D eigenvalue weighted by molar-refractivity contribution is 6.07. The fourth-order valence-electron chi connectivity index (χ4n) is 5.55. The monoisotopic (exact) mass is 550 g/mol. The zero-order valence-electron chi connectivity index (χ0n) is 26.0. The normalized spacial score (nSPS) is 24.2. The standard InChI is InChI=1S/C32H46N4O4/c1-27(2)17-37-23(33-27)31(9,24-34-28(3,4)18-38-24)15-21-11-13-22(14-12-21)16-32(10,25-35-29(5,6)19-39-25)26-36-30(7,8)20-40-26/h11-14H,15-20H2,1-10H3. The molecule has 4 aliphatic rings. The Bertz CT molecular complexity index is 1120. The Morgan fingerprint density at radius 1 is 0.500 bits per heavy atom. The average molecular weight is 551 g/mol. The summed E-state index contributed by atoms with van der Waals surface area (Å²) in [5.41, 5.74) is 0.0771. The highest BCUT2D eigenvalue weighted by atomic mass is 16.5. The van der Waals surface area contributed by atoms with Gasteiger partial charge in [-0.1, -0.05) is 24.3 Å². The van der Waals surface area contributed by atoms with E-state index in [1.807, 2.05) is 0 Å². The van der Waals surface area contributed by atoms with E-state index < -0.39 is 10.8 Å². The second-order valence-corrected chi connectivity index (χ2v) is 14.9. The zero-order chi connectivity index (χ0) is 29.2. The van der Waals surface area contributed by atoms with Crippen molar-refractivity contribution in [2.45, 2.75) is 104 Å². The number of hydrogen-bond acceptors (Lipinski definition) is 8. The van der Waals surface area contributed by atoms with Gasteiger partial charge >= 0.3 is 0 Å². The van der Waals surface area contributed by atoms with Gasteiger partial charge in [0.2, 0.25) is 0 Å². The van der Waals surface area contributed by atoms with Gasteiger partial charge in [-0.2, -0.15) is 0 Å². The Morgan fingerprint density at radius 2 is 0.725 bits per heavy atom. The molecule has 5 rings (SSSR count). The van der Waals surface area contributed by atoms with Crippen LogP contribution in [0.1, 0.15) is 80.4 Å². The second kappa shape index (κ2) is 9.31. The van der Waals surface area contributed by atoms with Crippen LogP contribution in [0.5, 0.6) is 0 Å². The van der Waals surface area contributed by atoms with Gasteiger partial charge in [-0.25, -0.2) is 20.0 Å². The van der Waals surface area contributed by atoms with Crippen LogP contribution < -0.4 is 0 Å². The molecule has 0 saturated heterocycles. The summed E-state index contributed by atoms with van der Waals surface area (Å²) in [6, 6.07) is 8.71. The second-order valence-electron chi connectivity index (χ2n) is 14.9. The molecule has 0 saturated carbocycles. The molecule has 1 aromatic rings. The molecule has 0 fully saturated rings. The van der Waals surface area contributed by atoms with E-state index in [1.54, 1.807) is 0 Å². The van der Waals surface area contributed by atoms with Crippen molar-refractivity contribution >= 4 is 23.6 Å². The average Bonchev–Trinajstić information content (AvgIpc) is 3.60. The molecule has 218 valence electrons. The largest absolute Gasteiger partial charge is 0.478 e. The van der Waals surface area contributed by atoms with Crippen LogP contribution >= 0.6 is 0 Å². The Kier molecular flexibility index (Phi) is 6.67. The molecule has 0 atom stereocenters. The third-order valence-corrected chi connectivity index (χ3v) is 7.89. The van der Waals surface area contributed by atoms with Crippen molar-refractivity contribution in [1.29, 1.82) is 0 Å². The molecule has 0 spiro atoms. The number of hydrogen-bond donors (Lipinski definition) is 0. The smallest absolute Gasteiger partial charge is 0.199 e. The van der Waals surface area contributed by atoms with Gasteiger partial charge in [-0.05, 0) is 93.2 Å². The maximum atomic E-state index is 6.16. The van der Waals surface area contributed by atoms with E-state index in [0.29, 0.717) is 62.9 Å². The quantitative estimate of drug-likeness (QED) is 0.421. The first-order valence-corrected chi connectivity index (χ1v) is 14.4.